The number of aromatic nitrogens is 1. The molecule has 2 aliphatic heterocycles. The SMILES string of the molecule is O=C(/C=C/c1ccc(N2CCCC2=O)cc1)NCc1ccnc(N2CCCC2)c1. The molecule has 2 fully saturated rings. The van der Waals surface area contributed by atoms with Crippen molar-refractivity contribution in [2.45, 2.75) is 32.2 Å². The standard InChI is InChI=1S/C23H26N4O2/c28-22(25-17-19-11-12-24-21(16-19)26-13-1-2-14-26)10-7-18-5-8-20(9-6-18)27-15-3-4-23(27)29/h5-12,16H,1-4,13-15,17H2,(H,25,28)/b10-7+. The third-order valence-corrected chi connectivity index (χ3v) is 5.41. The molecule has 1 aromatic carbocycles. The lowest BCUT2D eigenvalue weighted by molar-refractivity contribution is -0.117. The van der Waals surface area contributed by atoms with Crippen LogP contribution in [0.25, 0.3) is 6.08 Å². The van der Waals surface area contributed by atoms with Crippen LogP contribution in [0.5, 0.6) is 0 Å². The Morgan fingerprint density at radius 1 is 1.07 bits per heavy atom. The van der Waals surface area contributed by atoms with Crippen LogP contribution in [0.15, 0.2) is 48.7 Å². The normalized spacial score (nSPS) is 16.8. The summed E-state index contributed by atoms with van der Waals surface area (Å²) in [6.45, 7) is 3.36. The summed E-state index contributed by atoms with van der Waals surface area (Å²) in [5.41, 5.74) is 2.89. The van der Waals surface area contributed by atoms with E-state index in [1.807, 2.05) is 41.3 Å². The van der Waals surface area contributed by atoms with Crippen LogP contribution in [0, 0.1) is 0 Å². The molecule has 4 rings (SSSR count). The van der Waals surface area contributed by atoms with Gasteiger partial charge in [-0.15, -0.1) is 0 Å². The number of amides is 2. The first-order valence-corrected chi connectivity index (χ1v) is 10.3. The summed E-state index contributed by atoms with van der Waals surface area (Å²) in [6.07, 6.45) is 9.09. The van der Waals surface area contributed by atoms with Gasteiger partial charge in [0.15, 0.2) is 0 Å². The van der Waals surface area contributed by atoms with Gasteiger partial charge in [0, 0.05) is 50.6 Å². The van der Waals surface area contributed by atoms with Gasteiger partial charge < -0.3 is 15.1 Å². The molecule has 3 heterocycles. The molecule has 2 aromatic rings. The van der Waals surface area contributed by atoms with Crippen LogP contribution < -0.4 is 15.1 Å². The van der Waals surface area contributed by atoms with E-state index in [1.54, 1.807) is 18.3 Å². The highest BCUT2D eigenvalue weighted by atomic mass is 16.2. The van der Waals surface area contributed by atoms with Crippen molar-refractivity contribution in [1.82, 2.24) is 10.3 Å². The minimum atomic E-state index is -0.136. The number of hydrogen-bond donors (Lipinski definition) is 1. The Labute approximate surface area is 171 Å². The number of carbonyl (C=O) groups excluding carboxylic acids is 2. The van der Waals surface area contributed by atoms with Crippen molar-refractivity contribution in [2.24, 2.45) is 0 Å². The molecule has 0 saturated carbocycles. The number of rotatable bonds is 6. The van der Waals surface area contributed by atoms with E-state index in [0.29, 0.717) is 13.0 Å². The number of benzene rings is 1. The molecule has 2 saturated heterocycles. The van der Waals surface area contributed by atoms with Crippen molar-refractivity contribution in [1.29, 1.82) is 0 Å². The first-order valence-electron chi connectivity index (χ1n) is 10.3. The van der Waals surface area contributed by atoms with E-state index >= 15 is 0 Å². The van der Waals surface area contributed by atoms with Gasteiger partial charge >= 0.3 is 0 Å². The lowest BCUT2D eigenvalue weighted by Crippen LogP contribution is -2.23. The first kappa shape index (κ1) is 19.2. The molecule has 1 N–H and O–H groups in total. The Balaban J connectivity index is 1.30. The predicted octanol–water partition coefficient (Wildman–Crippen LogP) is 3.14. The van der Waals surface area contributed by atoms with E-state index < -0.39 is 0 Å². The van der Waals surface area contributed by atoms with E-state index in [2.05, 4.69) is 15.2 Å². The zero-order valence-corrected chi connectivity index (χ0v) is 16.5. The summed E-state index contributed by atoms with van der Waals surface area (Å²) in [5.74, 6) is 1.03. The maximum Gasteiger partial charge on any atom is 0.244 e. The molecular formula is C23H26N4O2. The van der Waals surface area contributed by atoms with Crippen molar-refractivity contribution < 1.29 is 9.59 Å². The van der Waals surface area contributed by atoms with E-state index in [1.165, 1.54) is 12.8 Å². The summed E-state index contributed by atoms with van der Waals surface area (Å²) in [6, 6.07) is 11.7. The molecule has 6 nitrogen and oxygen atoms in total. The fourth-order valence-corrected chi connectivity index (χ4v) is 3.80. The summed E-state index contributed by atoms with van der Waals surface area (Å²) >= 11 is 0. The topological polar surface area (TPSA) is 65.5 Å². The van der Waals surface area contributed by atoms with Crippen LogP contribution >= 0.6 is 0 Å². The summed E-state index contributed by atoms with van der Waals surface area (Å²) < 4.78 is 0. The highest BCUT2D eigenvalue weighted by Gasteiger charge is 2.21. The average molecular weight is 390 g/mol. The van der Waals surface area contributed by atoms with Crippen LogP contribution in [-0.4, -0.2) is 36.4 Å². The molecular weight excluding hydrogens is 364 g/mol. The Morgan fingerprint density at radius 2 is 1.86 bits per heavy atom. The number of carbonyl (C=O) groups is 2. The zero-order chi connectivity index (χ0) is 20.1. The third kappa shape index (κ3) is 4.83. The van der Waals surface area contributed by atoms with Crippen LogP contribution in [-0.2, 0) is 16.1 Å². The minimum absolute atomic E-state index is 0.136. The maximum absolute atomic E-state index is 12.2. The van der Waals surface area contributed by atoms with Gasteiger partial charge in [-0.3, -0.25) is 9.59 Å². The molecule has 2 amide bonds. The summed E-state index contributed by atoms with van der Waals surface area (Å²) in [5, 5.41) is 2.92. The predicted molar refractivity (Wildman–Crippen MR) is 115 cm³/mol. The van der Waals surface area contributed by atoms with Crippen LogP contribution in [0.1, 0.15) is 36.8 Å². The van der Waals surface area contributed by atoms with Crippen LogP contribution in [0.4, 0.5) is 11.5 Å². The van der Waals surface area contributed by atoms with Gasteiger partial charge in [0.1, 0.15) is 5.82 Å². The fraction of sp³-hybridized carbons (Fsp3) is 0.348. The average Bonchev–Trinajstić information content (AvgIpc) is 3.43. The lowest BCUT2D eigenvalue weighted by Gasteiger charge is -2.16. The quantitative estimate of drug-likeness (QED) is 0.770. The van der Waals surface area contributed by atoms with E-state index in [0.717, 1.165) is 48.7 Å². The van der Waals surface area contributed by atoms with E-state index in [9.17, 15) is 9.59 Å². The van der Waals surface area contributed by atoms with Crippen molar-refractivity contribution in [3.63, 3.8) is 0 Å². The summed E-state index contributed by atoms with van der Waals surface area (Å²) in [4.78, 5) is 32.5. The van der Waals surface area contributed by atoms with Crippen LogP contribution in [0.3, 0.4) is 0 Å². The van der Waals surface area contributed by atoms with Crippen molar-refractivity contribution >= 4 is 29.4 Å². The van der Waals surface area contributed by atoms with Gasteiger partial charge in [-0.05, 0) is 60.7 Å². The van der Waals surface area contributed by atoms with Crippen molar-refractivity contribution in [3.8, 4) is 0 Å². The first-order chi connectivity index (χ1) is 14.2. The van der Waals surface area contributed by atoms with Gasteiger partial charge in [0.2, 0.25) is 11.8 Å². The molecule has 0 unspecified atom stereocenters. The van der Waals surface area contributed by atoms with E-state index in [-0.39, 0.29) is 11.8 Å². The number of pyridine rings is 1. The highest BCUT2D eigenvalue weighted by Crippen LogP contribution is 2.22. The second-order valence-corrected chi connectivity index (χ2v) is 7.51. The molecule has 0 aliphatic carbocycles. The molecule has 29 heavy (non-hydrogen) atoms. The number of hydrogen-bond acceptors (Lipinski definition) is 4. The number of nitrogens with zero attached hydrogens (tertiary/aromatic N) is 3. The molecule has 1 aromatic heterocycles. The molecule has 2 aliphatic rings. The Hall–Kier alpha value is -3.15. The monoisotopic (exact) mass is 390 g/mol. The number of nitrogens with one attached hydrogen (secondary N) is 1. The molecule has 0 spiro atoms. The maximum atomic E-state index is 12.2. The highest BCUT2D eigenvalue weighted by molar-refractivity contribution is 5.95. The Bertz CT molecular complexity index is 901. The van der Waals surface area contributed by atoms with E-state index in [4.69, 9.17) is 0 Å². The molecule has 150 valence electrons. The third-order valence-electron chi connectivity index (χ3n) is 5.41. The molecule has 0 atom stereocenters. The molecule has 0 radical (unpaired) electrons. The smallest absolute Gasteiger partial charge is 0.244 e. The molecule has 0 bridgehead atoms. The van der Waals surface area contributed by atoms with Gasteiger partial charge in [0.05, 0.1) is 0 Å². The largest absolute Gasteiger partial charge is 0.357 e. The van der Waals surface area contributed by atoms with Gasteiger partial charge in [-0.2, -0.15) is 0 Å². The van der Waals surface area contributed by atoms with Crippen molar-refractivity contribution in [3.05, 3.63) is 59.8 Å². The Morgan fingerprint density at radius 3 is 2.59 bits per heavy atom. The Kier molecular flexibility index (Phi) is 5.89. The van der Waals surface area contributed by atoms with Gasteiger partial charge in [-0.25, -0.2) is 4.98 Å². The molecule has 6 heteroatoms. The second kappa shape index (κ2) is 8.90. The minimum Gasteiger partial charge on any atom is -0.357 e. The van der Waals surface area contributed by atoms with Gasteiger partial charge in [-0.1, -0.05) is 12.1 Å². The lowest BCUT2D eigenvalue weighted by atomic mass is 10.2. The van der Waals surface area contributed by atoms with Gasteiger partial charge in [0.25, 0.3) is 0 Å². The second-order valence-electron chi connectivity index (χ2n) is 7.51. The summed E-state index contributed by atoms with van der Waals surface area (Å²) in [7, 11) is 0. The van der Waals surface area contributed by atoms with Crippen molar-refractivity contribution in [2.75, 3.05) is 29.4 Å². The number of anilines is 2. The fourth-order valence-electron chi connectivity index (χ4n) is 3.80. The van der Waals surface area contributed by atoms with Crippen LogP contribution in [0.2, 0.25) is 0 Å². The zero-order valence-electron chi connectivity index (χ0n) is 16.5.